The number of carbonyl (C=O) groups excluding carboxylic acids is 1. The summed E-state index contributed by atoms with van der Waals surface area (Å²) in [5, 5.41) is 10.7. The Labute approximate surface area is 163 Å². The van der Waals surface area contributed by atoms with E-state index < -0.39 is 22.8 Å². The van der Waals surface area contributed by atoms with Gasteiger partial charge in [0.15, 0.2) is 0 Å². The normalized spacial score (nSPS) is 15.1. The number of nitrogens with zero attached hydrogens (tertiary/aromatic N) is 3. The van der Waals surface area contributed by atoms with Crippen molar-refractivity contribution in [2.45, 2.75) is 13.5 Å². The molecule has 1 N–H and O–H groups in total. The van der Waals surface area contributed by atoms with Gasteiger partial charge >= 0.3 is 5.97 Å². The van der Waals surface area contributed by atoms with Crippen LogP contribution in [0.25, 0.3) is 10.9 Å². The molecule has 1 saturated heterocycles. The molecule has 148 valence electrons. The molecule has 0 unspecified atom stereocenters. The Hall–Kier alpha value is -2.71. The number of alkyl halides is 1. The van der Waals surface area contributed by atoms with Crippen LogP contribution in [-0.2, 0) is 16.2 Å². The zero-order chi connectivity index (χ0) is 20.4. The van der Waals surface area contributed by atoms with E-state index in [9.17, 15) is 23.9 Å². The van der Waals surface area contributed by atoms with E-state index >= 15 is 0 Å². The number of carboxylic acids is 1. The summed E-state index contributed by atoms with van der Waals surface area (Å²) in [6.07, 6.45) is 1.23. The molecule has 8 nitrogen and oxygen atoms in total. The molecule has 0 atom stereocenters. The van der Waals surface area contributed by atoms with Crippen molar-refractivity contribution in [3.05, 3.63) is 45.6 Å². The lowest BCUT2D eigenvalue weighted by molar-refractivity contribution is -0.136. The molecule has 3 rings (SSSR count). The number of hydrogen-bond donors (Lipinski definition) is 1. The number of rotatable bonds is 5. The van der Waals surface area contributed by atoms with Gasteiger partial charge in [-0.15, -0.1) is 0 Å². The first-order valence-corrected chi connectivity index (χ1v) is 9.00. The molecular formula is C18H17ClFN3O5. The number of carboxylic acid groups (broad SMARTS) is 1. The molecule has 0 saturated carbocycles. The maximum atomic E-state index is 14.9. The van der Waals surface area contributed by atoms with Crippen LogP contribution in [0.5, 0.6) is 0 Å². The van der Waals surface area contributed by atoms with Gasteiger partial charge in [0.05, 0.1) is 17.7 Å². The Bertz CT molecular complexity index is 1050. The summed E-state index contributed by atoms with van der Waals surface area (Å²) in [6.45, 7) is 2.83. The minimum atomic E-state index is -1.37. The average molecular weight is 410 g/mol. The molecule has 0 spiro atoms. The Kier molecular flexibility index (Phi) is 5.81. The van der Waals surface area contributed by atoms with Gasteiger partial charge in [-0.1, -0.05) is 11.6 Å². The van der Waals surface area contributed by atoms with Crippen molar-refractivity contribution >= 4 is 40.1 Å². The number of halogens is 2. The smallest absolute Gasteiger partial charge is 0.341 e. The monoisotopic (exact) mass is 409 g/mol. The second kappa shape index (κ2) is 8.12. The number of aromatic nitrogens is 1. The maximum absolute atomic E-state index is 14.9. The van der Waals surface area contributed by atoms with Gasteiger partial charge < -0.3 is 14.6 Å². The molecule has 1 fully saturated rings. The molecule has 1 aromatic carbocycles. The second-order valence-corrected chi connectivity index (χ2v) is 6.30. The number of piperazine rings is 1. The van der Waals surface area contributed by atoms with Crippen LogP contribution in [0.15, 0.2) is 28.8 Å². The highest BCUT2D eigenvalue weighted by Gasteiger charge is 2.27. The van der Waals surface area contributed by atoms with Crippen LogP contribution in [-0.4, -0.2) is 52.3 Å². The highest BCUT2D eigenvalue weighted by Crippen LogP contribution is 2.29. The van der Waals surface area contributed by atoms with E-state index in [1.165, 1.54) is 22.2 Å². The molecule has 0 aliphatic carbocycles. The molecule has 2 aromatic rings. The van der Waals surface area contributed by atoms with Crippen molar-refractivity contribution in [3.63, 3.8) is 0 Å². The number of hydroxylamine groups is 2. The molecule has 0 amide bonds. The van der Waals surface area contributed by atoms with Crippen molar-refractivity contribution in [1.29, 1.82) is 0 Å². The summed E-state index contributed by atoms with van der Waals surface area (Å²) in [4.78, 5) is 41.8. The second-order valence-electron chi connectivity index (χ2n) is 6.09. The summed E-state index contributed by atoms with van der Waals surface area (Å²) < 4.78 is 16.4. The summed E-state index contributed by atoms with van der Waals surface area (Å²) in [5.74, 6) is -0.321. The molecule has 28 heavy (non-hydrogen) atoms. The third-order valence-corrected chi connectivity index (χ3v) is 4.68. The topological polar surface area (TPSA) is 92.1 Å². The van der Waals surface area contributed by atoms with Gasteiger partial charge in [-0.2, -0.15) is 5.06 Å². The van der Waals surface area contributed by atoms with Crippen molar-refractivity contribution in [1.82, 2.24) is 9.63 Å². The van der Waals surface area contributed by atoms with E-state index in [2.05, 4.69) is 0 Å². The van der Waals surface area contributed by atoms with Gasteiger partial charge in [-0.05, 0) is 19.1 Å². The number of benzene rings is 1. The van der Waals surface area contributed by atoms with Gasteiger partial charge in [0.1, 0.15) is 29.1 Å². The van der Waals surface area contributed by atoms with E-state index in [4.69, 9.17) is 16.4 Å². The molecule has 0 radical (unpaired) electrons. The fraction of sp³-hybridized carbons (Fsp3) is 0.333. The van der Waals surface area contributed by atoms with Crippen LogP contribution in [0.1, 0.15) is 17.3 Å². The highest BCUT2D eigenvalue weighted by molar-refractivity contribution is 6.17. The molecular weight excluding hydrogens is 393 g/mol. The Balaban J connectivity index is 2.14. The lowest BCUT2D eigenvalue weighted by Gasteiger charge is -2.35. The first kappa shape index (κ1) is 20.0. The summed E-state index contributed by atoms with van der Waals surface area (Å²) in [7, 11) is 0. The van der Waals surface area contributed by atoms with E-state index in [0.717, 1.165) is 6.07 Å². The van der Waals surface area contributed by atoms with Crippen LogP contribution in [0.4, 0.5) is 10.1 Å². The van der Waals surface area contributed by atoms with Gasteiger partial charge in [0, 0.05) is 31.2 Å². The number of aryl methyl sites for hydroxylation is 1. The van der Waals surface area contributed by atoms with E-state index in [1.54, 1.807) is 17.4 Å². The van der Waals surface area contributed by atoms with Crippen molar-refractivity contribution in [2.75, 3.05) is 30.6 Å². The zero-order valence-corrected chi connectivity index (χ0v) is 15.7. The largest absolute Gasteiger partial charge is 0.477 e. The van der Waals surface area contributed by atoms with Crippen LogP contribution in [0, 0.1) is 5.82 Å². The third kappa shape index (κ3) is 3.53. The average Bonchev–Trinajstić information content (AvgIpc) is 2.68. The van der Waals surface area contributed by atoms with Crippen molar-refractivity contribution < 1.29 is 23.9 Å². The summed E-state index contributed by atoms with van der Waals surface area (Å²) in [5.41, 5.74) is -0.562. The van der Waals surface area contributed by atoms with E-state index in [-0.39, 0.29) is 35.9 Å². The van der Waals surface area contributed by atoms with Crippen LogP contribution >= 0.6 is 11.6 Å². The molecule has 1 aromatic heterocycles. The highest BCUT2D eigenvalue weighted by atomic mass is 35.5. The molecule has 0 bridgehead atoms. The Morgan fingerprint density at radius 1 is 1.39 bits per heavy atom. The SMILES string of the molecule is CCn1cc(C(=O)O)c(=O)c2cc(F)c(N3CCN(OCCl)CC3=C=O)cc21. The lowest BCUT2D eigenvalue weighted by Crippen LogP contribution is -2.45. The van der Waals surface area contributed by atoms with E-state index in [0.29, 0.717) is 18.6 Å². The predicted molar refractivity (Wildman–Crippen MR) is 101 cm³/mol. The molecule has 2 heterocycles. The van der Waals surface area contributed by atoms with Crippen molar-refractivity contribution in [3.8, 4) is 0 Å². The first-order valence-electron chi connectivity index (χ1n) is 8.46. The Morgan fingerprint density at radius 3 is 2.75 bits per heavy atom. The summed E-state index contributed by atoms with van der Waals surface area (Å²) in [6, 6.07) is 2.37. The number of carbonyl (C=O) groups is 1. The maximum Gasteiger partial charge on any atom is 0.341 e. The number of aromatic carboxylic acids is 1. The zero-order valence-electron chi connectivity index (χ0n) is 14.9. The number of hydrogen-bond acceptors (Lipinski definition) is 6. The fourth-order valence-corrected chi connectivity index (χ4v) is 3.37. The minimum Gasteiger partial charge on any atom is -0.477 e. The van der Waals surface area contributed by atoms with Gasteiger partial charge in [0.25, 0.3) is 0 Å². The first-order chi connectivity index (χ1) is 13.4. The number of anilines is 1. The Morgan fingerprint density at radius 2 is 2.14 bits per heavy atom. The minimum absolute atomic E-state index is 0.0382. The number of fused-ring (bicyclic) bond motifs is 1. The fourth-order valence-electron chi connectivity index (χ4n) is 3.23. The summed E-state index contributed by atoms with van der Waals surface area (Å²) >= 11 is 5.53. The van der Waals surface area contributed by atoms with Crippen LogP contribution in [0.3, 0.4) is 0 Å². The third-order valence-electron chi connectivity index (χ3n) is 4.58. The predicted octanol–water partition coefficient (Wildman–Crippen LogP) is 1.82. The van der Waals surface area contributed by atoms with Gasteiger partial charge in [-0.3, -0.25) is 9.63 Å². The molecule has 1 aliphatic rings. The van der Waals surface area contributed by atoms with E-state index in [1.807, 2.05) is 0 Å². The lowest BCUT2D eigenvalue weighted by atomic mass is 10.1. The van der Waals surface area contributed by atoms with Crippen molar-refractivity contribution in [2.24, 2.45) is 0 Å². The van der Waals surface area contributed by atoms with Gasteiger partial charge in [0.2, 0.25) is 5.43 Å². The number of pyridine rings is 1. The molecule has 1 aliphatic heterocycles. The standard InChI is InChI=1S/C18H17ClFN3O5/c1-2-21-8-13(18(26)27)17(25)12-5-14(20)16(6-15(12)21)23-4-3-22(28-10-19)7-11(23)9-24/h5-6,8H,2-4,7,10H2,1H3,(H,26,27). The van der Waals surface area contributed by atoms with Crippen LogP contribution in [0.2, 0.25) is 0 Å². The quantitative estimate of drug-likeness (QED) is 0.595. The molecule has 10 heteroatoms. The van der Waals surface area contributed by atoms with Gasteiger partial charge in [-0.25, -0.2) is 14.0 Å². The van der Waals surface area contributed by atoms with Crippen LogP contribution < -0.4 is 10.3 Å².